The molecule has 0 aliphatic rings. The topological polar surface area (TPSA) is 80.3 Å². The van der Waals surface area contributed by atoms with Crippen LogP contribution in [0, 0.1) is 0 Å². The third-order valence-electron chi connectivity index (χ3n) is 3.33. The Labute approximate surface area is 152 Å². The van der Waals surface area contributed by atoms with Crippen molar-refractivity contribution in [3.63, 3.8) is 0 Å². The lowest BCUT2D eigenvalue weighted by molar-refractivity contribution is -0.123. The SMILES string of the molecule is O=C(COc1ccc(Br)cc1)NNC(=O)c1ccc2ccccc2n1. The Morgan fingerprint density at radius 1 is 0.960 bits per heavy atom. The average Bonchev–Trinajstić information content (AvgIpc) is 2.65. The maximum Gasteiger partial charge on any atom is 0.288 e. The number of halogens is 1. The zero-order valence-electron chi connectivity index (χ0n) is 13.0. The Hall–Kier alpha value is -2.93. The predicted molar refractivity (Wildman–Crippen MR) is 97.0 cm³/mol. The maximum atomic E-state index is 12.1. The molecule has 0 bridgehead atoms. The van der Waals surface area contributed by atoms with Crippen molar-refractivity contribution in [2.75, 3.05) is 6.61 Å². The van der Waals surface area contributed by atoms with Gasteiger partial charge in [0.25, 0.3) is 11.8 Å². The zero-order chi connectivity index (χ0) is 17.6. The molecule has 0 saturated heterocycles. The van der Waals surface area contributed by atoms with Gasteiger partial charge in [-0.25, -0.2) is 4.98 Å². The van der Waals surface area contributed by atoms with Crippen molar-refractivity contribution in [2.45, 2.75) is 0 Å². The van der Waals surface area contributed by atoms with Crippen LogP contribution in [-0.4, -0.2) is 23.4 Å². The molecule has 0 unspecified atom stereocenters. The lowest BCUT2D eigenvalue weighted by atomic mass is 10.2. The smallest absolute Gasteiger partial charge is 0.288 e. The van der Waals surface area contributed by atoms with E-state index in [1.807, 2.05) is 24.3 Å². The summed E-state index contributed by atoms with van der Waals surface area (Å²) < 4.78 is 6.23. The van der Waals surface area contributed by atoms with Gasteiger partial charge in [-0.15, -0.1) is 0 Å². The standard InChI is InChI=1S/C18H14BrN3O3/c19-13-6-8-14(9-7-13)25-11-17(23)21-22-18(24)16-10-5-12-3-1-2-4-15(12)20-16/h1-10H,11H2,(H,21,23)(H,22,24). The van der Waals surface area contributed by atoms with Crippen LogP contribution in [0.5, 0.6) is 5.75 Å². The summed E-state index contributed by atoms with van der Waals surface area (Å²) >= 11 is 3.32. The summed E-state index contributed by atoms with van der Waals surface area (Å²) in [6.45, 7) is -0.215. The second kappa shape index (κ2) is 7.76. The summed E-state index contributed by atoms with van der Waals surface area (Å²) in [7, 11) is 0. The Morgan fingerprint density at radius 2 is 1.72 bits per heavy atom. The lowest BCUT2D eigenvalue weighted by Gasteiger charge is -2.09. The molecule has 2 aromatic carbocycles. The molecule has 0 aliphatic heterocycles. The van der Waals surface area contributed by atoms with Gasteiger partial charge in [-0.05, 0) is 36.4 Å². The minimum absolute atomic E-state index is 0.215. The first-order chi connectivity index (χ1) is 12.1. The molecule has 1 heterocycles. The highest BCUT2D eigenvalue weighted by Gasteiger charge is 2.10. The predicted octanol–water partition coefficient (Wildman–Crippen LogP) is 2.84. The highest BCUT2D eigenvalue weighted by Crippen LogP contribution is 2.15. The lowest BCUT2D eigenvalue weighted by Crippen LogP contribution is -2.44. The Kier molecular flexibility index (Phi) is 5.25. The maximum absolute atomic E-state index is 12.1. The molecule has 3 rings (SSSR count). The van der Waals surface area contributed by atoms with Gasteiger partial charge in [-0.1, -0.05) is 40.2 Å². The molecule has 6 nitrogen and oxygen atoms in total. The summed E-state index contributed by atoms with van der Waals surface area (Å²) in [5.41, 5.74) is 5.54. The molecular formula is C18H14BrN3O3. The summed E-state index contributed by atoms with van der Waals surface area (Å²) in [6, 6.07) is 17.9. The van der Waals surface area contributed by atoms with Gasteiger partial charge >= 0.3 is 0 Å². The van der Waals surface area contributed by atoms with Crippen molar-refractivity contribution in [1.82, 2.24) is 15.8 Å². The van der Waals surface area contributed by atoms with Crippen molar-refractivity contribution in [3.05, 3.63) is 70.8 Å². The zero-order valence-corrected chi connectivity index (χ0v) is 14.6. The largest absolute Gasteiger partial charge is 0.484 e. The van der Waals surface area contributed by atoms with Crippen LogP contribution in [-0.2, 0) is 4.79 Å². The highest BCUT2D eigenvalue weighted by molar-refractivity contribution is 9.10. The molecule has 2 N–H and O–H groups in total. The Bertz CT molecular complexity index is 913. The fourth-order valence-electron chi connectivity index (χ4n) is 2.10. The molecule has 25 heavy (non-hydrogen) atoms. The van der Waals surface area contributed by atoms with Crippen LogP contribution in [0.15, 0.2) is 65.1 Å². The molecule has 0 spiro atoms. The molecule has 7 heteroatoms. The fourth-order valence-corrected chi connectivity index (χ4v) is 2.36. The van der Waals surface area contributed by atoms with Crippen LogP contribution >= 0.6 is 15.9 Å². The molecule has 2 amide bonds. The first kappa shape index (κ1) is 16.9. The molecule has 3 aromatic rings. The normalized spacial score (nSPS) is 10.3. The van der Waals surface area contributed by atoms with Crippen LogP contribution in [0.1, 0.15) is 10.5 Å². The number of hydrazine groups is 1. The number of hydrogen-bond acceptors (Lipinski definition) is 4. The van der Waals surface area contributed by atoms with Crippen LogP contribution in [0.2, 0.25) is 0 Å². The van der Waals surface area contributed by atoms with E-state index in [9.17, 15) is 9.59 Å². The van der Waals surface area contributed by atoms with E-state index in [0.717, 1.165) is 9.86 Å². The molecule has 0 aliphatic carbocycles. The third kappa shape index (κ3) is 4.54. The fraction of sp³-hybridized carbons (Fsp3) is 0.0556. The number of rotatable bonds is 4. The number of hydrogen-bond donors (Lipinski definition) is 2. The molecule has 0 atom stereocenters. The third-order valence-corrected chi connectivity index (χ3v) is 3.86. The minimum Gasteiger partial charge on any atom is -0.484 e. The van der Waals surface area contributed by atoms with E-state index in [-0.39, 0.29) is 12.3 Å². The number of carbonyl (C=O) groups is 2. The molecule has 0 radical (unpaired) electrons. The van der Waals surface area contributed by atoms with Gasteiger partial charge in [-0.3, -0.25) is 20.4 Å². The number of nitrogens with one attached hydrogen (secondary N) is 2. The van der Waals surface area contributed by atoms with E-state index in [1.165, 1.54) is 0 Å². The van der Waals surface area contributed by atoms with Crippen molar-refractivity contribution >= 4 is 38.6 Å². The Morgan fingerprint density at radius 3 is 2.52 bits per heavy atom. The van der Waals surface area contributed by atoms with Gasteiger partial charge in [0.2, 0.25) is 0 Å². The van der Waals surface area contributed by atoms with E-state index >= 15 is 0 Å². The minimum atomic E-state index is -0.497. The van der Waals surface area contributed by atoms with E-state index in [4.69, 9.17) is 4.74 Å². The van der Waals surface area contributed by atoms with Gasteiger partial charge in [0.05, 0.1) is 5.52 Å². The van der Waals surface area contributed by atoms with Gasteiger partial charge in [0.1, 0.15) is 11.4 Å². The van der Waals surface area contributed by atoms with Crippen molar-refractivity contribution in [2.24, 2.45) is 0 Å². The van der Waals surface area contributed by atoms with Gasteiger partial charge < -0.3 is 4.74 Å². The number of amides is 2. The van der Waals surface area contributed by atoms with E-state index < -0.39 is 11.8 Å². The summed E-state index contributed by atoms with van der Waals surface area (Å²) in [5, 5.41) is 0.936. The van der Waals surface area contributed by atoms with Crippen LogP contribution < -0.4 is 15.6 Å². The number of fused-ring (bicyclic) bond motifs is 1. The molecule has 0 saturated carbocycles. The summed E-state index contributed by atoms with van der Waals surface area (Å²) in [4.78, 5) is 28.1. The number of pyridine rings is 1. The van der Waals surface area contributed by atoms with Crippen molar-refractivity contribution in [3.8, 4) is 5.75 Å². The van der Waals surface area contributed by atoms with E-state index in [1.54, 1.807) is 36.4 Å². The van der Waals surface area contributed by atoms with Crippen LogP contribution in [0.25, 0.3) is 10.9 Å². The summed E-state index contributed by atoms with van der Waals surface area (Å²) in [6.07, 6.45) is 0. The molecule has 0 fully saturated rings. The second-order valence-electron chi connectivity index (χ2n) is 5.13. The monoisotopic (exact) mass is 399 g/mol. The number of ether oxygens (including phenoxy) is 1. The molecular weight excluding hydrogens is 386 g/mol. The van der Waals surface area contributed by atoms with Gasteiger partial charge in [0.15, 0.2) is 6.61 Å². The number of carbonyl (C=O) groups excluding carboxylic acids is 2. The van der Waals surface area contributed by atoms with Gasteiger partial charge in [-0.2, -0.15) is 0 Å². The molecule has 126 valence electrons. The number of para-hydroxylation sites is 1. The quantitative estimate of drug-likeness (QED) is 0.661. The van der Waals surface area contributed by atoms with Crippen LogP contribution in [0.4, 0.5) is 0 Å². The average molecular weight is 400 g/mol. The summed E-state index contributed by atoms with van der Waals surface area (Å²) in [5.74, 6) is -0.416. The van der Waals surface area contributed by atoms with E-state index in [2.05, 4.69) is 31.8 Å². The first-order valence-electron chi connectivity index (χ1n) is 7.45. The molecule has 1 aromatic heterocycles. The number of benzene rings is 2. The highest BCUT2D eigenvalue weighted by atomic mass is 79.9. The van der Waals surface area contributed by atoms with Crippen LogP contribution in [0.3, 0.4) is 0 Å². The van der Waals surface area contributed by atoms with E-state index in [0.29, 0.717) is 11.3 Å². The van der Waals surface area contributed by atoms with Crippen molar-refractivity contribution in [1.29, 1.82) is 0 Å². The Balaban J connectivity index is 1.52. The number of nitrogens with zero attached hydrogens (tertiary/aromatic N) is 1. The second-order valence-corrected chi connectivity index (χ2v) is 6.05. The first-order valence-corrected chi connectivity index (χ1v) is 8.24. The van der Waals surface area contributed by atoms with Crippen molar-refractivity contribution < 1.29 is 14.3 Å². The number of aromatic nitrogens is 1. The van der Waals surface area contributed by atoms with Gasteiger partial charge in [0, 0.05) is 9.86 Å².